The largest absolute Gasteiger partial charge is 0.573 e. The van der Waals surface area contributed by atoms with Gasteiger partial charge in [-0.05, 0) is 69.3 Å². The van der Waals surface area contributed by atoms with Gasteiger partial charge in [0, 0.05) is 0 Å². The van der Waals surface area contributed by atoms with Gasteiger partial charge in [-0.3, -0.25) is 10.0 Å². The first-order chi connectivity index (χ1) is 16.2. The van der Waals surface area contributed by atoms with Gasteiger partial charge < -0.3 is 18.9 Å². The van der Waals surface area contributed by atoms with Crippen molar-refractivity contribution in [2.75, 3.05) is 5.75 Å². The number of hydrogen-bond donors (Lipinski definition) is 1. The van der Waals surface area contributed by atoms with Crippen LogP contribution in [0, 0.1) is 0 Å². The summed E-state index contributed by atoms with van der Waals surface area (Å²) < 4.78 is 83.4. The van der Waals surface area contributed by atoms with Crippen LogP contribution in [0.2, 0.25) is 0 Å². The Labute approximate surface area is 199 Å². The summed E-state index contributed by atoms with van der Waals surface area (Å²) in [5.74, 6) is -1.65. The van der Waals surface area contributed by atoms with Crippen molar-refractivity contribution in [2.24, 2.45) is 0 Å². The summed E-state index contributed by atoms with van der Waals surface area (Å²) in [5.41, 5.74) is 0. The van der Waals surface area contributed by atoms with Crippen LogP contribution in [0.5, 0.6) is 17.2 Å². The number of carbonyl (C=O) groups excluding carboxylic acids is 1. The number of carbonyl (C=O) groups is 1. The molecule has 0 aliphatic carbocycles. The summed E-state index contributed by atoms with van der Waals surface area (Å²) >= 11 is 0. The quantitative estimate of drug-likeness (QED) is 0.302. The summed E-state index contributed by atoms with van der Waals surface area (Å²) in [5, 5.41) is 10.3. The van der Waals surface area contributed by atoms with Gasteiger partial charge in [-0.1, -0.05) is 0 Å². The minimum atomic E-state index is -4.81. The maximum Gasteiger partial charge on any atom is 0.573 e. The second-order valence-corrected chi connectivity index (χ2v) is 10.3. The number of ether oxygens (including phenoxy) is 4. The Hall–Kier alpha value is -2.87. The number of halogens is 3. The smallest absolute Gasteiger partial charge is 0.457 e. The van der Waals surface area contributed by atoms with Gasteiger partial charge in [-0.2, -0.15) is 0 Å². The number of hydroxylamine groups is 2. The van der Waals surface area contributed by atoms with E-state index in [0.717, 1.165) is 12.1 Å². The van der Waals surface area contributed by atoms with Crippen LogP contribution in [0.15, 0.2) is 53.4 Å². The van der Waals surface area contributed by atoms with Gasteiger partial charge in [0.25, 0.3) is 0 Å². The van der Waals surface area contributed by atoms with E-state index in [2.05, 4.69) is 4.74 Å². The molecule has 2 aromatic rings. The molecule has 1 aliphatic rings. The zero-order valence-corrected chi connectivity index (χ0v) is 19.7. The van der Waals surface area contributed by atoms with Crippen LogP contribution < -0.4 is 9.47 Å². The third-order valence-electron chi connectivity index (χ3n) is 5.05. The molecule has 35 heavy (non-hydrogen) atoms. The van der Waals surface area contributed by atoms with Gasteiger partial charge in [0.05, 0.1) is 16.8 Å². The molecule has 9 nitrogen and oxygen atoms in total. The lowest BCUT2D eigenvalue weighted by Gasteiger charge is -2.29. The SMILES string of the molecule is C[C@@H]1OC(C)(C)O[C@H]1[C@@H](CS(=O)(=O)c1ccc(Oc2ccc(OC(F)(F)F)cc2)cc1)N(O)C=O. The molecule has 0 saturated carbocycles. The molecule has 3 atom stereocenters. The standard InChI is InChI=1S/C22H24F3NO8S/c1-14-20(34-21(2,3)32-14)19(26(28)13-27)12-35(29,30)18-10-8-16(9-11-18)31-15-4-6-17(7-5-15)33-22(23,24)25/h4-11,13-14,19-20,28H,12H2,1-3H3/t14-,19+,20+/m0/s1. The summed E-state index contributed by atoms with van der Waals surface area (Å²) in [6.45, 7) is 4.91. The van der Waals surface area contributed by atoms with E-state index >= 15 is 0 Å². The number of sulfone groups is 1. The Kier molecular flexibility index (Phi) is 7.65. The highest BCUT2D eigenvalue weighted by Gasteiger charge is 2.46. The number of hydrogen-bond acceptors (Lipinski definition) is 8. The summed E-state index contributed by atoms with van der Waals surface area (Å²) in [4.78, 5) is 11.1. The molecular formula is C22H24F3NO8S. The van der Waals surface area contributed by atoms with Crippen LogP contribution in [0.25, 0.3) is 0 Å². The first-order valence-electron chi connectivity index (χ1n) is 10.3. The molecule has 0 aromatic heterocycles. The van der Waals surface area contributed by atoms with E-state index in [1.165, 1.54) is 36.4 Å². The zero-order valence-electron chi connectivity index (χ0n) is 18.9. The van der Waals surface area contributed by atoms with Crippen LogP contribution >= 0.6 is 0 Å². The van der Waals surface area contributed by atoms with Crippen LogP contribution in [0.4, 0.5) is 13.2 Å². The minimum absolute atomic E-state index is 0.101. The van der Waals surface area contributed by atoms with E-state index in [9.17, 15) is 31.6 Å². The molecule has 192 valence electrons. The van der Waals surface area contributed by atoms with Gasteiger partial charge in [0.2, 0.25) is 6.41 Å². The van der Waals surface area contributed by atoms with Crippen molar-refractivity contribution in [3.63, 3.8) is 0 Å². The molecule has 1 heterocycles. The molecule has 1 aliphatic heterocycles. The predicted molar refractivity (Wildman–Crippen MR) is 115 cm³/mol. The number of benzene rings is 2. The Morgan fingerprint density at radius 1 is 1.06 bits per heavy atom. The molecular weight excluding hydrogens is 495 g/mol. The molecule has 0 radical (unpaired) electrons. The number of rotatable bonds is 9. The van der Waals surface area contributed by atoms with Crippen molar-refractivity contribution in [1.82, 2.24) is 5.06 Å². The molecule has 1 amide bonds. The van der Waals surface area contributed by atoms with Gasteiger partial charge >= 0.3 is 6.36 Å². The lowest BCUT2D eigenvalue weighted by molar-refractivity contribution is -0.274. The van der Waals surface area contributed by atoms with Crippen molar-refractivity contribution < 1.29 is 50.5 Å². The Morgan fingerprint density at radius 2 is 1.57 bits per heavy atom. The lowest BCUT2D eigenvalue weighted by atomic mass is 10.1. The highest BCUT2D eigenvalue weighted by molar-refractivity contribution is 7.91. The number of amides is 1. The molecule has 1 saturated heterocycles. The number of alkyl halides is 3. The average molecular weight is 519 g/mol. The maximum absolute atomic E-state index is 13.0. The highest BCUT2D eigenvalue weighted by atomic mass is 32.2. The number of nitrogens with zero attached hydrogens (tertiary/aromatic N) is 1. The molecule has 0 bridgehead atoms. The van der Waals surface area contributed by atoms with E-state index in [0.29, 0.717) is 0 Å². The minimum Gasteiger partial charge on any atom is -0.457 e. The van der Waals surface area contributed by atoms with Crippen molar-refractivity contribution in [3.8, 4) is 17.2 Å². The second kappa shape index (κ2) is 10.0. The molecule has 3 rings (SSSR count). The maximum atomic E-state index is 13.0. The summed E-state index contributed by atoms with van der Waals surface area (Å²) in [6, 6.07) is 8.70. The van der Waals surface area contributed by atoms with E-state index in [-0.39, 0.29) is 27.9 Å². The Balaban J connectivity index is 1.72. The third kappa shape index (κ3) is 7.07. The molecule has 0 unspecified atom stereocenters. The van der Waals surface area contributed by atoms with Gasteiger partial charge in [-0.15, -0.1) is 13.2 Å². The fourth-order valence-electron chi connectivity index (χ4n) is 3.64. The molecule has 1 N–H and O–H groups in total. The van der Waals surface area contributed by atoms with E-state index in [4.69, 9.17) is 14.2 Å². The van der Waals surface area contributed by atoms with E-state index < -0.39 is 51.7 Å². The average Bonchev–Trinajstić information content (AvgIpc) is 3.04. The fraction of sp³-hybridized carbons (Fsp3) is 0.409. The highest BCUT2D eigenvalue weighted by Crippen LogP contribution is 2.32. The van der Waals surface area contributed by atoms with Crippen molar-refractivity contribution in [3.05, 3.63) is 48.5 Å². The van der Waals surface area contributed by atoms with Gasteiger partial charge in [-0.25, -0.2) is 13.5 Å². The first kappa shape index (κ1) is 26.7. The van der Waals surface area contributed by atoms with Crippen LogP contribution in [-0.2, 0) is 24.1 Å². The summed E-state index contributed by atoms with van der Waals surface area (Å²) in [7, 11) is -4.00. The first-order valence-corrected chi connectivity index (χ1v) is 12.0. The van der Waals surface area contributed by atoms with Crippen molar-refractivity contribution >= 4 is 16.2 Å². The van der Waals surface area contributed by atoms with Crippen LogP contribution in [0.1, 0.15) is 20.8 Å². The lowest BCUT2D eigenvalue weighted by Crippen LogP contribution is -2.49. The van der Waals surface area contributed by atoms with E-state index in [1.807, 2.05) is 0 Å². The zero-order chi connectivity index (χ0) is 26.0. The topological polar surface area (TPSA) is 112 Å². The third-order valence-corrected chi connectivity index (χ3v) is 6.82. The predicted octanol–water partition coefficient (Wildman–Crippen LogP) is 3.91. The van der Waals surface area contributed by atoms with Gasteiger partial charge in [0.15, 0.2) is 15.6 Å². The molecule has 13 heteroatoms. The van der Waals surface area contributed by atoms with Crippen molar-refractivity contribution in [2.45, 2.75) is 56.1 Å². The second-order valence-electron chi connectivity index (χ2n) is 8.23. The van der Waals surface area contributed by atoms with Crippen LogP contribution in [0.3, 0.4) is 0 Å². The Bertz CT molecular complexity index is 1120. The van der Waals surface area contributed by atoms with Crippen LogP contribution in [-0.4, -0.2) is 61.3 Å². The Morgan fingerprint density at radius 3 is 2.03 bits per heavy atom. The normalized spacial score (nSPS) is 20.8. The van der Waals surface area contributed by atoms with E-state index in [1.54, 1.807) is 20.8 Å². The monoisotopic (exact) mass is 519 g/mol. The van der Waals surface area contributed by atoms with Gasteiger partial charge in [0.1, 0.15) is 29.4 Å². The molecule has 1 fully saturated rings. The molecule has 2 aromatic carbocycles. The van der Waals surface area contributed by atoms with Crippen molar-refractivity contribution in [1.29, 1.82) is 0 Å². The summed E-state index contributed by atoms with van der Waals surface area (Å²) in [6.07, 6.45) is -6.21. The fourth-order valence-corrected chi connectivity index (χ4v) is 5.17. The molecule has 0 spiro atoms.